The molecule has 0 aliphatic heterocycles. The van der Waals surface area contributed by atoms with Gasteiger partial charge in [-0.05, 0) is 76.9 Å². The average molecular weight is 626 g/mol. The molecular weight excluding hydrogens is 591 g/mol. The van der Waals surface area contributed by atoms with Gasteiger partial charge in [-0.15, -0.1) is 0 Å². The molecule has 0 bridgehead atoms. The molecule has 9 heteroatoms. The summed E-state index contributed by atoms with van der Waals surface area (Å²) in [5.74, 6) is -1.42. The normalized spacial score (nSPS) is 12.2. The van der Waals surface area contributed by atoms with Crippen molar-refractivity contribution in [1.82, 2.24) is 10.3 Å². The number of halogens is 3. The zero-order chi connectivity index (χ0) is 32.8. The molecule has 0 aliphatic carbocycles. The number of carbonyl (C=O) groups excluding carboxylic acids is 1. The van der Waals surface area contributed by atoms with Crippen molar-refractivity contribution < 1.29 is 27.9 Å². The van der Waals surface area contributed by atoms with Gasteiger partial charge in [-0.3, -0.25) is 9.78 Å². The van der Waals surface area contributed by atoms with E-state index < -0.39 is 29.7 Å². The highest BCUT2D eigenvalue weighted by Gasteiger charge is 2.33. The van der Waals surface area contributed by atoms with Gasteiger partial charge in [-0.1, -0.05) is 80.6 Å². The molecule has 1 amide bonds. The summed E-state index contributed by atoms with van der Waals surface area (Å²) in [6.45, 7) is 4.21. The molecule has 3 N–H and O–H groups in total. The van der Waals surface area contributed by atoms with E-state index in [4.69, 9.17) is 0 Å². The lowest BCUT2D eigenvalue weighted by Crippen LogP contribution is -2.41. The average Bonchev–Trinajstić information content (AvgIpc) is 3.03. The van der Waals surface area contributed by atoms with Gasteiger partial charge < -0.3 is 15.7 Å². The molecule has 0 unspecified atom stereocenters. The van der Waals surface area contributed by atoms with Crippen LogP contribution in [0.25, 0.3) is 22.0 Å². The summed E-state index contributed by atoms with van der Waals surface area (Å²) >= 11 is 0. The number of fused-ring (bicyclic) bond motifs is 1. The number of nitrogens with one attached hydrogen (secondary N) is 2. The summed E-state index contributed by atoms with van der Waals surface area (Å²) in [6.07, 6.45) is -2.18. The highest BCUT2D eigenvalue weighted by atomic mass is 19.4. The van der Waals surface area contributed by atoms with Gasteiger partial charge in [0.2, 0.25) is 0 Å². The largest absolute Gasteiger partial charge is 0.480 e. The Hall–Kier alpha value is -5.18. The van der Waals surface area contributed by atoms with Crippen LogP contribution in [0.2, 0.25) is 0 Å². The summed E-state index contributed by atoms with van der Waals surface area (Å²) < 4.78 is 41.8. The van der Waals surface area contributed by atoms with Gasteiger partial charge in [0.05, 0.1) is 11.1 Å². The Labute approximate surface area is 265 Å². The lowest BCUT2D eigenvalue weighted by atomic mass is 9.91. The Morgan fingerprint density at radius 3 is 2.26 bits per heavy atom. The minimum atomic E-state index is -4.55. The van der Waals surface area contributed by atoms with Gasteiger partial charge in [0, 0.05) is 29.4 Å². The van der Waals surface area contributed by atoms with E-state index in [0.29, 0.717) is 35.9 Å². The quantitative estimate of drug-likeness (QED) is 0.137. The highest BCUT2D eigenvalue weighted by Crippen LogP contribution is 2.39. The fourth-order valence-corrected chi connectivity index (χ4v) is 5.48. The number of carboxylic acids is 1. The van der Waals surface area contributed by atoms with Crippen molar-refractivity contribution in [2.24, 2.45) is 5.92 Å². The van der Waals surface area contributed by atoms with Crippen LogP contribution in [0.3, 0.4) is 0 Å². The van der Waals surface area contributed by atoms with Crippen LogP contribution in [-0.2, 0) is 23.9 Å². The second kappa shape index (κ2) is 13.9. The third kappa shape index (κ3) is 7.72. The van der Waals surface area contributed by atoms with Gasteiger partial charge in [-0.2, -0.15) is 13.2 Å². The summed E-state index contributed by atoms with van der Waals surface area (Å²) in [6, 6.07) is 27.3. The van der Waals surface area contributed by atoms with Gasteiger partial charge >= 0.3 is 12.1 Å². The number of amides is 1. The molecule has 0 spiro atoms. The monoisotopic (exact) mass is 625 g/mol. The lowest BCUT2D eigenvalue weighted by Gasteiger charge is -2.17. The van der Waals surface area contributed by atoms with Crippen molar-refractivity contribution in [3.8, 4) is 11.1 Å². The maximum Gasteiger partial charge on any atom is 0.418 e. The molecule has 6 nitrogen and oxygen atoms in total. The summed E-state index contributed by atoms with van der Waals surface area (Å²) in [4.78, 5) is 28.5. The van der Waals surface area contributed by atoms with Crippen molar-refractivity contribution in [1.29, 1.82) is 0 Å². The van der Waals surface area contributed by atoms with Crippen molar-refractivity contribution in [3.63, 3.8) is 0 Å². The van der Waals surface area contributed by atoms with Crippen LogP contribution in [-0.4, -0.2) is 28.0 Å². The van der Waals surface area contributed by atoms with Crippen LogP contribution < -0.4 is 10.6 Å². The number of aromatic nitrogens is 1. The maximum atomic E-state index is 13.9. The molecule has 5 aromatic rings. The van der Waals surface area contributed by atoms with Crippen molar-refractivity contribution >= 4 is 28.5 Å². The number of carbonyl (C=O) groups is 2. The zero-order valence-electron chi connectivity index (χ0n) is 25.4. The number of para-hydroxylation sites is 1. The fraction of sp³-hybridized carbons (Fsp3) is 0.216. The van der Waals surface area contributed by atoms with Crippen LogP contribution in [0.4, 0.5) is 18.9 Å². The van der Waals surface area contributed by atoms with Crippen LogP contribution in [0, 0.1) is 5.92 Å². The van der Waals surface area contributed by atoms with Crippen LogP contribution in [0.1, 0.15) is 52.9 Å². The molecular formula is C37H34F3N3O3. The standard InChI is InChI=1S/C37H34F3N3O3/c1-23(2)18-32(36(45)46)43-35(44)26-16-14-25(15-17-26)21-41-29-11-6-10-27(20-29)33-28(19-24-8-4-3-5-9-24)22-42-34-30(33)12-7-13-31(34)37(38,39)40/h3-17,20,22-23,32,41H,18-19,21H2,1-2H3,(H,43,44)(H,45,46)/t32-/m0/s1. The third-order valence-electron chi connectivity index (χ3n) is 7.69. The lowest BCUT2D eigenvalue weighted by molar-refractivity contribution is -0.139. The van der Waals surface area contributed by atoms with E-state index in [-0.39, 0.29) is 11.4 Å². The Balaban J connectivity index is 1.40. The number of nitrogens with zero attached hydrogens (tertiary/aromatic N) is 1. The molecule has 0 radical (unpaired) electrons. The van der Waals surface area contributed by atoms with E-state index in [1.165, 1.54) is 6.07 Å². The fourth-order valence-electron chi connectivity index (χ4n) is 5.48. The summed E-state index contributed by atoms with van der Waals surface area (Å²) in [7, 11) is 0. The van der Waals surface area contributed by atoms with Gasteiger partial charge in [0.15, 0.2) is 0 Å². The number of rotatable bonds is 11. The number of anilines is 1. The molecule has 1 aromatic heterocycles. The predicted molar refractivity (Wildman–Crippen MR) is 174 cm³/mol. The number of pyridine rings is 1. The predicted octanol–water partition coefficient (Wildman–Crippen LogP) is 8.35. The van der Waals surface area contributed by atoms with Gasteiger partial charge in [0.1, 0.15) is 6.04 Å². The number of alkyl halides is 3. The first-order valence-electron chi connectivity index (χ1n) is 15.0. The molecule has 0 fully saturated rings. The zero-order valence-corrected chi connectivity index (χ0v) is 25.4. The Bertz CT molecular complexity index is 1840. The van der Waals surface area contributed by atoms with Crippen LogP contribution >= 0.6 is 0 Å². The summed E-state index contributed by atoms with van der Waals surface area (Å²) in [5.41, 5.74) is 4.40. The summed E-state index contributed by atoms with van der Waals surface area (Å²) in [5, 5.41) is 15.8. The number of hydrogen-bond donors (Lipinski definition) is 3. The van der Waals surface area contributed by atoms with Crippen LogP contribution in [0.5, 0.6) is 0 Å². The minimum Gasteiger partial charge on any atom is -0.480 e. The van der Waals surface area contributed by atoms with E-state index in [2.05, 4.69) is 15.6 Å². The minimum absolute atomic E-state index is 0.0943. The van der Waals surface area contributed by atoms with Crippen LogP contribution in [0.15, 0.2) is 103 Å². The number of carboxylic acid groups (broad SMARTS) is 1. The molecule has 1 atom stereocenters. The van der Waals surface area contributed by atoms with E-state index >= 15 is 0 Å². The topological polar surface area (TPSA) is 91.3 Å². The molecule has 4 aromatic carbocycles. The van der Waals surface area contributed by atoms with E-state index in [9.17, 15) is 27.9 Å². The Morgan fingerprint density at radius 2 is 1.59 bits per heavy atom. The second-order valence-electron chi connectivity index (χ2n) is 11.6. The molecule has 0 saturated carbocycles. The second-order valence-corrected chi connectivity index (χ2v) is 11.6. The van der Waals surface area contributed by atoms with Gasteiger partial charge in [0.25, 0.3) is 5.91 Å². The highest BCUT2D eigenvalue weighted by molar-refractivity contribution is 5.98. The number of aliphatic carboxylic acids is 1. The number of hydrogen-bond acceptors (Lipinski definition) is 4. The van der Waals surface area contributed by atoms with E-state index in [1.54, 1.807) is 36.5 Å². The van der Waals surface area contributed by atoms with Crippen molar-refractivity contribution in [2.75, 3.05) is 5.32 Å². The molecule has 0 saturated heterocycles. The first-order valence-corrected chi connectivity index (χ1v) is 15.0. The van der Waals surface area contributed by atoms with E-state index in [1.807, 2.05) is 68.4 Å². The Morgan fingerprint density at radius 1 is 0.870 bits per heavy atom. The Kier molecular flexibility index (Phi) is 9.70. The van der Waals surface area contributed by atoms with E-state index in [0.717, 1.165) is 34.0 Å². The van der Waals surface area contributed by atoms with Gasteiger partial charge in [-0.25, -0.2) is 4.79 Å². The smallest absolute Gasteiger partial charge is 0.418 e. The molecule has 46 heavy (non-hydrogen) atoms. The molecule has 1 heterocycles. The van der Waals surface area contributed by atoms with Crippen molar-refractivity contribution in [3.05, 3.63) is 131 Å². The van der Waals surface area contributed by atoms with Crippen molar-refractivity contribution in [2.45, 2.75) is 45.5 Å². The molecule has 5 rings (SSSR count). The maximum absolute atomic E-state index is 13.9. The molecule has 236 valence electrons. The first-order chi connectivity index (χ1) is 22.0. The number of benzene rings is 4. The first kappa shape index (κ1) is 32.2. The SMILES string of the molecule is CC(C)C[C@H](NC(=O)c1ccc(CNc2cccc(-c3c(Cc4ccccc4)cnc4c(C(F)(F)F)cccc34)c2)cc1)C(=O)O. The third-order valence-corrected chi connectivity index (χ3v) is 7.69. The molecule has 0 aliphatic rings.